The van der Waals surface area contributed by atoms with Crippen LogP contribution in [0.25, 0.3) is 0 Å². The predicted molar refractivity (Wildman–Crippen MR) is 88.0 cm³/mol. The fraction of sp³-hybridized carbons (Fsp3) is 0.941. The lowest BCUT2D eigenvalue weighted by atomic mass is 10.1. The van der Waals surface area contributed by atoms with E-state index in [1.165, 1.54) is 64.2 Å². The van der Waals surface area contributed by atoms with Gasteiger partial charge in [-0.2, -0.15) is 0 Å². The summed E-state index contributed by atoms with van der Waals surface area (Å²) in [6.45, 7) is 5.16. The molecule has 0 aromatic carbocycles. The van der Waals surface area contributed by atoms with Crippen LogP contribution in [-0.2, 0) is 4.79 Å². The van der Waals surface area contributed by atoms with Crippen LogP contribution in [0.5, 0.6) is 0 Å². The molecule has 0 saturated carbocycles. The number of nitrogens with one attached hydrogen (secondary N) is 1. The Hall–Kier alpha value is -0.570. The van der Waals surface area contributed by atoms with E-state index in [-0.39, 0.29) is 11.9 Å². The molecule has 120 valence electrons. The second kappa shape index (κ2) is 13.4. The van der Waals surface area contributed by atoms with Gasteiger partial charge in [-0.15, -0.1) is 0 Å². The highest BCUT2D eigenvalue weighted by atomic mass is 16.2. The molecule has 0 aliphatic heterocycles. The second-order valence-corrected chi connectivity index (χ2v) is 6.09. The maximum Gasteiger partial charge on any atom is 0.238 e. The molecule has 0 aromatic heterocycles. The molecule has 1 N–H and O–H groups in total. The van der Waals surface area contributed by atoms with Crippen LogP contribution < -0.4 is 5.32 Å². The highest BCUT2D eigenvalue weighted by Gasteiger charge is 2.12. The zero-order chi connectivity index (χ0) is 15.2. The van der Waals surface area contributed by atoms with Gasteiger partial charge in [0, 0.05) is 14.1 Å². The monoisotopic (exact) mass is 284 g/mol. The van der Waals surface area contributed by atoms with Gasteiger partial charge in [-0.1, -0.05) is 64.7 Å². The smallest absolute Gasteiger partial charge is 0.238 e. The van der Waals surface area contributed by atoms with Crippen LogP contribution >= 0.6 is 0 Å². The number of carbonyl (C=O) groups is 1. The number of nitrogens with zero attached hydrogens (tertiary/aromatic N) is 1. The van der Waals surface area contributed by atoms with Crippen molar-refractivity contribution >= 4 is 5.91 Å². The lowest BCUT2D eigenvalue weighted by Gasteiger charge is -2.17. The molecule has 0 aliphatic rings. The van der Waals surface area contributed by atoms with E-state index >= 15 is 0 Å². The van der Waals surface area contributed by atoms with E-state index in [4.69, 9.17) is 0 Å². The van der Waals surface area contributed by atoms with Gasteiger partial charge in [-0.25, -0.2) is 0 Å². The summed E-state index contributed by atoms with van der Waals surface area (Å²) in [5.74, 6) is 0.164. The van der Waals surface area contributed by atoms with Gasteiger partial charge in [-0.3, -0.25) is 4.79 Å². The zero-order valence-corrected chi connectivity index (χ0v) is 14.2. The van der Waals surface area contributed by atoms with Crippen molar-refractivity contribution in [3.63, 3.8) is 0 Å². The summed E-state index contributed by atoms with van der Waals surface area (Å²) >= 11 is 0. The summed E-state index contributed by atoms with van der Waals surface area (Å²) in [6.07, 6.45) is 13.5. The molecule has 0 radical (unpaired) electrons. The molecule has 1 unspecified atom stereocenters. The van der Waals surface area contributed by atoms with Crippen LogP contribution in [0.1, 0.15) is 78.1 Å². The van der Waals surface area contributed by atoms with E-state index < -0.39 is 0 Å². The molecule has 0 aliphatic carbocycles. The zero-order valence-electron chi connectivity index (χ0n) is 14.2. The second-order valence-electron chi connectivity index (χ2n) is 6.09. The number of carbonyl (C=O) groups excluding carboxylic acids is 1. The summed E-state index contributed by atoms with van der Waals surface area (Å²) in [5, 5.41) is 3.30. The first-order valence-electron chi connectivity index (χ1n) is 8.54. The van der Waals surface area contributed by atoms with Crippen LogP contribution in [0.4, 0.5) is 0 Å². The number of hydrogen-bond acceptors (Lipinski definition) is 2. The van der Waals surface area contributed by atoms with Gasteiger partial charge < -0.3 is 10.2 Å². The first-order valence-corrected chi connectivity index (χ1v) is 8.54. The largest absolute Gasteiger partial charge is 0.347 e. The van der Waals surface area contributed by atoms with Crippen molar-refractivity contribution < 1.29 is 4.79 Å². The van der Waals surface area contributed by atoms with Crippen molar-refractivity contribution in [2.24, 2.45) is 0 Å². The maximum absolute atomic E-state index is 11.6. The Morgan fingerprint density at radius 1 is 0.900 bits per heavy atom. The van der Waals surface area contributed by atoms with Crippen LogP contribution in [0.2, 0.25) is 0 Å². The van der Waals surface area contributed by atoms with Crippen molar-refractivity contribution in [1.82, 2.24) is 10.2 Å². The fourth-order valence-electron chi connectivity index (χ4n) is 2.41. The summed E-state index contributed by atoms with van der Waals surface area (Å²) in [6, 6.07) is -0.0523. The van der Waals surface area contributed by atoms with Gasteiger partial charge in [0.15, 0.2) is 0 Å². The van der Waals surface area contributed by atoms with Gasteiger partial charge >= 0.3 is 0 Å². The minimum Gasteiger partial charge on any atom is -0.347 e. The Morgan fingerprint density at radius 3 is 1.80 bits per heavy atom. The van der Waals surface area contributed by atoms with Crippen molar-refractivity contribution in [2.45, 2.75) is 84.1 Å². The molecule has 0 rings (SSSR count). The van der Waals surface area contributed by atoms with Crippen LogP contribution in [0.15, 0.2) is 0 Å². The van der Waals surface area contributed by atoms with E-state index in [9.17, 15) is 4.79 Å². The van der Waals surface area contributed by atoms with E-state index in [0.717, 1.165) is 6.54 Å². The van der Waals surface area contributed by atoms with Gasteiger partial charge in [0.1, 0.15) is 0 Å². The molecular formula is C17H36N2O. The Labute approximate surface area is 126 Å². The Morgan fingerprint density at radius 2 is 1.35 bits per heavy atom. The SMILES string of the molecule is CCCCCCCCCCCCNC(C)C(=O)N(C)C. The Balaban J connectivity index is 3.22. The van der Waals surface area contributed by atoms with Crippen LogP contribution in [-0.4, -0.2) is 37.5 Å². The van der Waals surface area contributed by atoms with Crippen molar-refractivity contribution in [3.8, 4) is 0 Å². The number of rotatable bonds is 13. The molecule has 3 heteroatoms. The van der Waals surface area contributed by atoms with Gasteiger partial charge in [0.05, 0.1) is 6.04 Å². The predicted octanol–water partition coefficient (Wildman–Crippen LogP) is 3.97. The quantitative estimate of drug-likeness (QED) is 0.519. The fourth-order valence-corrected chi connectivity index (χ4v) is 2.41. The number of amides is 1. The van der Waals surface area contributed by atoms with Gasteiger partial charge in [-0.05, 0) is 19.9 Å². The topological polar surface area (TPSA) is 32.3 Å². The molecule has 0 spiro atoms. The Bertz CT molecular complexity index is 229. The first-order chi connectivity index (χ1) is 9.59. The van der Waals surface area contributed by atoms with Gasteiger partial charge in [0.2, 0.25) is 5.91 Å². The molecular weight excluding hydrogens is 248 g/mol. The normalized spacial score (nSPS) is 12.4. The maximum atomic E-state index is 11.6. The van der Waals surface area contributed by atoms with Crippen molar-refractivity contribution in [2.75, 3.05) is 20.6 Å². The van der Waals surface area contributed by atoms with Crippen LogP contribution in [0, 0.1) is 0 Å². The third-order valence-electron chi connectivity index (χ3n) is 3.79. The lowest BCUT2D eigenvalue weighted by molar-refractivity contribution is -0.130. The third kappa shape index (κ3) is 11.3. The van der Waals surface area contributed by atoms with E-state index in [2.05, 4.69) is 12.2 Å². The third-order valence-corrected chi connectivity index (χ3v) is 3.79. The summed E-state index contributed by atoms with van der Waals surface area (Å²) < 4.78 is 0. The Kier molecular flexibility index (Phi) is 13.0. The van der Waals surface area contributed by atoms with E-state index in [1.807, 2.05) is 6.92 Å². The average molecular weight is 284 g/mol. The highest BCUT2D eigenvalue weighted by molar-refractivity contribution is 5.80. The molecule has 1 amide bonds. The molecule has 3 nitrogen and oxygen atoms in total. The highest BCUT2D eigenvalue weighted by Crippen LogP contribution is 2.10. The van der Waals surface area contributed by atoms with Gasteiger partial charge in [0.25, 0.3) is 0 Å². The number of hydrogen-bond donors (Lipinski definition) is 1. The first kappa shape index (κ1) is 19.4. The molecule has 20 heavy (non-hydrogen) atoms. The minimum absolute atomic E-state index is 0.0523. The van der Waals surface area contributed by atoms with E-state index in [1.54, 1.807) is 19.0 Å². The minimum atomic E-state index is -0.0523. The molecule has 0 fully saturated rings. The van der Waals surface area contributed by atoms with Crippen LogP contribution in [0.3, 0.4) is 0 Å². The molecule has 0 bridgehead atoms. The van der Waals surface area contributed by atoms with E-state index in [0.29, 0.717) is 0 Å². The molecule has 0 aromatic rings. The molecule has 1 atom stereocenters. The summed E-state index contributed by atoms with van der Waals surface area (Å²) in [4.78, 5) is 13.3. The lowest BCUT2D eigenvalue weighted by Crippen LogP contribution is -2.41. The molecule has 0 saturated heterocycles. The summed E-state index contributed by atoms with van der Waals surface area (Å²) in [5.41, 5.74) is 0. The number of likely N-dealkylation sites (N-methyl/N-ethyl adjacent to an activating group) is 1. The average Bonchev–Trinajstić information content (AvgIpc) is 2.43. The van der Waals surface area contributed by atoms with Crippen molar-refractivity contribution in [3.05, 3.63) is 0 Å². The number of unbranched alkanes of at least 4 members (excludes halogenated alkanes) is 9. The summed E-state index contributed by atoms with van der Waals surface area (Å²) in [7, 11) is 3.61. The standard InChI is InChI=1S/C17H36N2O/c1-5-6-7-8-9-10-11-12-13-14-15-18-16(2)17(20)19(3)4/h16,18H,5-15H2,1-4H3. The van der Waals surface area contributed by atoms with Crippen molar-refractivity contribution in [1.29, 1.82) is 0 Å². The molecule has 0 heterocycles.